The van der Waals surface area contributed by atoms with Crippen LogP contribution >= 0.6 is 35.6 Å². The van der Waals surface area contributed by atoms with Crippen LogP contribution in [0, 0.1) is 0 Å². The molecule has 0 fully saturated rings. The van der Waals surface area contributed by atoms with Gasteiger partial charge in [0.05, 0.1) is 11.4 Å². The molecule has 0 bridgehead atoms. The molecule has 9 heteroatoms. The molecule has 0 amide bonds. The normalized spacial score (nSPS) is 11.2. The molecule has 3 aromatic rings. The van der Waals surface area contributed by atoms with Crippen LogP contribution in [0.15, 0.2) is 63.9 Å². The summed E-state index contributed by atoms with van der Waals surface area (Å²) in [5.74, 6) is 1.50. The minimum Gasteiger partial charge on any atom is -0.460 e. The van der Waals surface area contributed by atoms with Gasteiger partial charge in [0, 0.05) is 15.6 Å². The number of nitrogens with two attached hydrogens (primary N) is 1. The van der Waals surface area contributed by atoms with E-state index in [1.54, 1.807) is 30.3 Å². The number of furan rings is 1. The lowest BCUT2D eigenvalue weighted by atomic mass is 10.1. The number of halogens is 3. The highest BCUT2D eigenvalue weighted by Crippen LogP contribution is 2.28. The summed E-state index contributed by atoms with van der Waals surface area (Å²) in [7, 11) is -3.65. The van der Waals surface area contributed by atoms with Crippen molar-refractivity contribution in [2.45, 2.75) is 17.9 Å². The smallest absolute Gasteiger partial charge is 0.238 e. The van der Waals surface area contributed by atoms with Crippen LogP contribution in [0.5, 0.6) is 0 Å². The van der Waals surface area contributed by atoms with E-state index in [1.807, 2.05) is 12.1 Å². The Kier molecular flexibility index (Phi) is 7.95. The molecule has 0 aliphatic heterocycles. The number of hydrogen-bond acceptors (Lipinski definition) is 4. The van der Waals surface area contributed by atoms with Crippen molar-refractivity contribution in [1.29, 1.82) is 0 Å². The molecule has 1 aromatic heterocycles. The molecule has 0 saturated carbocycles. The Morgan fingerprint density at radius 1 is 0.964 bits per heavy atom. The second-order valence-corrected chi connectivity index (χ2v) is 8.47. The van der Waals surface area contributed by atoms with Gasteiger partial charge in [-0.15, -0.1) is 12.4 Å². The van der Waals surface area contributed by atoms with Gasteiger partial charge in [-0.1, -0.05) is 35.3 Å². The second kappa shape index (κ2) is 9.78. The maximum Gasteiger partial charge on any atom is 0.238 e. The standard InChI is InChI=1S/C19H18Cl2N2O3S.ClH/c20-15-9-14(10-16(21)11-15)19-6-3-17(26-19)12-23-8-7-13-1-4-18(5-2-13)27(22,24)25;/h1-6,9-11,23H,7-8,12H2,(H2,22,24,25);1H. The molecule has 28 heavy (non-hydrogen) atoms. The fourth-order valence-electron chi connectivity index (χ4n) is 2.61. The van der Waals surface area contributed by atoms with Gasteiger partial charge in [0.15, 0.2) is 0 Å². The number of nitrogens with one attached hydrogen (secondary N) is 1. The predicted molar refractivity (Wildman–Crippen MR) is 115 cm³/mol. The monoisotopic (exact) mass is 460 g/mol. The van der Waals surface area contributed by atoms with Crippen LogP contribution in [0.1, 0.15) is 11.3 Å². The van der Waals surface area contributed by atoms with E-state index >= 15 is 0 Å². The molecule has 2 aromatic carbocycles. The highest BCUT2D eigenvalue weighted by molar-refractivity contribution is 7.89. The molecule has 5 nitrogen and oxygen atoms in total. The molecule has 1 heterocycles. The Morgan fingerprint density at radius 2 is 1.61 bits per heavy atom. The van der Waals surface area contributed by atoms with E-state index in [4.69, 9.17) is 32.8 Å². The van der Waals surface area contributed by atoms with E-state index < -0.39 is 10.0 Å². The van der Waals surface area contributed by atoms with Crippen molar-refractivity contribution < 1.29 is 12.8 Å². The molecule has 3 N–H and O–H groups in total. The SMILES string of the molecule is Cl.NS(=O)(=O)c1ccc(CCNCc2ccc(-c3cc(Cl)cc(Cl)c3)o2)cc1. The molecule has 0 unspecified atom stereocenters. The second-order valence-electron chi connectivity index (χ2n) is 6.04. The maximum atomic E-state index is 11.2. The third-order valence-corrected chi connectivity index (χ3v) is 5.32. The molecule has 3 rings (SSSR count). The number of sulfonamides is 1. The highest BCUT2D eigenvalue weighted by Gasteiger charge is 2.08. The van der Waals surface area contributed by atoms with E-state index in [1.165, 1.54) is 12.1 Å². The molecule has 0 saturated heterocycles. The lowest BCUT2D eigenvalue weighted by Gasteiger charge is -2.05. The molecular weight excluding hydrogens is 443 g/mol. The van der Waals surface area contributed by atoms with Crippen molar-refractivity contribution in [1.82, 2.24) is 5.32 Å². The summed E-state index contributed by atoms with van der Waals surface area (Å²) in [5.41, 5.74) is 1.84. The summed E-state index contributed by atoms with van der Waals surface area (Å²) in [4.78, 5) is 0.114. The number of hydrogen-bond donors (Lipinski definition) is 2. The largest absolute Gasteiger partial charge is 0.460 e. The molecule has 0 atom stereocenters. The van der Waals surface area contributed by atoms with Gasteiger partial charge < -0.3 is 9.73 Å². The molecule has 0 spiro atoms. The molecular formula is C19H19Cl3N2O3S. The minimum atomic E-state index is -3.65. The maximum absolute atomic E-state index is 11.2. The Labute approximate surface area is 180 Å². The third kappa shape index (κ3) is 6.24. The summed E-state index contributed by atoms with van der Waals surface area (Å²) >= 11 is 12.0. The average molecular weight is 462 g/mol. The first-order valence-electron chi connectivity index (χ1n) is 8.19. The van der Waals surface area contributed by atoms with Crippen LogP contribution in [0.4, 0.5) is 0 Å². The number of benzene rings is 2. The topological polar surface area (TPSA) is 85.3 Å². The van der Waals surface area contributed by atoms with Gasteiger partial charge in [0.1, 0.15) is 11.5 Å². The first kappa shape index (κ1) is 22.7. The van der Waals surface area contributed by atoms with Gasteiger partial charge in [-0.3, -0.25) is 0 Å². The highest BCUT2D eigenvalue weighted by atomic mass is 35.5. The van der Waals surface area contributed by atoms with Crippen molar-refractivity contribution in [3.05, 3.63) is 76.0 Å². The Balaban J connectivity index is 0.00000280. The lowest BCUT2D eigenvalue weighted by Crippen LogP contribution is -2.16. The first-order chi connectivity index (χ1) is 12.8. The zero-order chi connectivity index (χ0) is 19.4. The number of rotatable bonds is 7. The quantitative estimate of drug-likeness (QED) is 0.501. The molecule has 0 aliphatic carbocycles. The van der Waals surface area contributed by atoms with Crippen LogP contribution in [-0.4, -0.2) is 15.0 Å². The molecule has 150 valence electrons. The third-order valence-electron chi connectivity index (χ3n) is 3.95. The van der Waals surface area contributed by atoms with Gasteiger partial charge in [-0.2, -0.15) is 0 Å². The van der Waals surface area contributed by atoms with Crippen LogP contribution in [-0.2, 0) is 23.0 Å². The minimum absolute atomic E-state index is 0. The fraction of sp³-hybridized carbons (Fsp3) is 0.158. The van der Waals surface area contributed by atoms with Crippen molar-refractivity contribution in [3.63, 3.8) is 0 Å². The van der Waals surface area contributed by atoms with Gasteiger partial charge >= 0.3 is 0 Å². The van der Waals surface area contributed by atoms with E-state index in [0.717, 1.165) is 23.3 Å². The summed E-state index contributed by atoms with van der Waals surface area (Å²) in [6.45, 7) is 1.29. The Hall–Kier alpha value is -1.54. The van der Waals surface area contributed by atoms with E-state index in [2.05, 4.69) is 5.32 Å². The van der Waals surface area contributed by atoms with Gasteiger partial charge in [-0.25, -0.2) is 13.6 Å². The summed E-state index contributed by atoms with van der Waals surface area (Å²) in [6.07, 6.45) is 0.752. The Morgan fingerprint density at radius 3 is 2.21 bits per heavy atom. The Bertz CT molecular complexity index is 1010. The van der Waals surface area contributed by atoms with Crippen molar-refractivity contribution in [2.24, 2.45) is 5.14 Å². The average Bonchev–Trinajstić information content (AvgIpc) is 3.06. The summed E-state index contributed by atoms with van der Waals surface area (Å²) in [6, 6.07) is 15.6. The van der Waals surface area contributed by atoms with Crippen molar-refractivity contribution in [3.8, 4) is 11.3 Å². The van der Waals surface area contributed by atoms with Gasteiger partial charge in [0.25, 0.3) is 0 Å². The van der Waals surface area contributed by atoms with E-state index in [9.17, 15) is 8.42 Å². The van der Waals surface area contributed by atoms with E-state index in [-0.39, 0.29) is 17.3 Å². The zero-order valence-corrected chi connectivity index (χ0v) is 17.8. The molecule has 0 aliphatic rings. The van der Waals surface area contributed by atoms with Crippen molar-refractivity contribution in [2.75, 3.05) is 6.54 Å². The van der Waals surface area contributed by atoms with Crippen LogP contribution < -0.4 is 10.5 Å². The molecule has 0 radical (unpaired) electrons. The summed E-state index contributed by atoms with van der Waals surface area (Å²) < 4.78 is 28.3. The number of primary sulfonamides is 1. The van der Waals surface area contributed by atoms with Crippen LogP contribution in [0.25, 0.3) is 11.3 Å². The van der Waals surface area contributed by atoms with E-state index in [0.29, 0.717) is 28.9 Å². The van der Waals surface area contributed by atoms with Gasteiger partial charge in [-0.05, 0) is 61.0 Å². The first-order valence-corrected chi connectivity index (χ1v) is 10.5. The zero-order valence-electron chi connectivity index (χ0n) is 14.7. The van der Waals surface area contributed by atoms with Gasteiger partial charge in [0.2, 0.25) is 10.0 Å². The fourth-order valence-corrected chi connectivity index (χ4v) is 3.66. The van der Waals surface area contributed by atoms with Crippen molar-refractivity contribution >= 4 is 45.6 Å². The van der Waals surface area contributed by atoms with Crippen LogP contribution in [0.3, 0.4) is 0 Å². The summed E-state index contributed by atoms with van der Waals surface area (Å²) in [5, 5.41) is 9.50. The lowest BCUT2D eigenvalue weighted by molar-refractivity contribution is 0.494. The van der Waals surface area contributed by atoms with Crippen LogP contribution in [0.2, 0.25) is 10.0 Å². The predicted octanol–water partition coefficient (Wildman–Crippen LogP) is 4.65.